The number of rotatable bonds is 5. The number of nitro groups is 1. The monoisotopic (exact) mass is 350 g/mol. The van der Waals surface area contributed by atoms with Gasteiger partial charge in [-0.2, -0.15) is 0 Å². The quantitative estimate of drug-likeness (QED) is 0.645. The number of nitrogens with zero attached hydrogens (tertiary/aromatic N) is 1. The predicted octanol–water partition coefficient (Wildman–Crippen LogP) is 4.29. The summed E-state index contributed by atoms with van der Waals surface area (Å²) in [5.74, 6) is 0.576. The summed E-state index contributed by atoms with van der Waals surface area (Å²) in [4.78, 5) is 10.4. The van der Waals surface area contributed by atoms with Gasteiger partial charge in [-0.15, -0.1) is 0 Å². The summed E-state index contributed by atoms with van der Waals surface area (Å²) in [5.41, 5.74) is 2.86. The number of non-ortho nitro benzene ring substituents is 1. The molecule has 0 aromatic heterocycles. The van der Waals surface area contributed by atoms with E-state index in [0.29, 0.717) is 18.0 Å². The number of ether oxygens (including phenoxy) is 1. The Morgan fingerprint density at radius 2 is 2.05 bits per heavy atom. The van der Waals surface area contributed by atoms with Gasteiger partial charge in [-0.25, -0.2) is 0 Å². The molecule has 6 heteroatoms. The minimum atomic E-state index is -0.424. The normalized spacial score (nSPS) is 10.2. The summed E-state index contributed by atoms with van der Waals surface area (Å²) in [5, 5.41) is 14.0. The maximum atomic E-state index is 10.8. The van der Waals surface area contributed by atoms with Crippen molar-refractivity contribution >= 4 is 27.3 Å². The van der Waals surface area contributed by atoms with E-state index in [-0.39, 0.29) is 5.69 Å². The van der Waals surface area contributed by atoms with Gasteiger partial charge in [0.05, 0.1) is 17.7 Å². The van der Waals surface area contributed by atoms with Crippen LogP contribution in [0.5, 0.6) is 5.75 Å². The summed E-state index contributed by atoms with van der Waals surface area (Å²) in [6.45, 7) is 2.57. The molecule has 0 heterocycles. The number of hydrogen-bond donors (Lipinski definition) is 1. The van der Waals surface area contributed by atoms with Crippen LogP contribution in [-0.4, -0.2) is 12.0 Å². The molecule has 0 spiro atoms. The van der Waals surface area contributed by atoms with Crippen molar-refractivity contribution in [2.75, 3.05) is 12.4 Å². The molecule has 0 fully saturated rings. The molecule has 0 aliphatic rings. The van der Waals surface area contributed by atoms with Gasteiger partial charge >= 0.3 is 0 Å². The maximum absolute atomic E-state index is 10.8. The fourth-order valence-corrected chi connectivity index (χ4v) is 2.32. The first-order valence-corrected chi connectivity index (χ1v) is 7.12. The zero-order chi connectivity index (χ0) is 15.4. The smallest absolute Gasteiger partial charge is 0.271 e. The molecule has 0 bridgehead atoms. The van der Waals surface area contributed by atoms with Crippen LogP contribution < -0.4 is 10.1 Å². The van der Waals surface area contributed by atoms with Gasteiger partial charge in [0.15, 0.2) is 0 Å². The van der Waals surface area contributed by atoms with E-state index >= 15 is 0 Å². The number of anilines is 1. The fraction of sp³-hybridized carbons (Fsp3) is 0.200. The molecule has 0 aliphatic carbocycles. The van der Waals surface area contributed by atoms with Crippen LogP contribution in [-0.2, 0) is 6.54 Å². The number of halogens is 1. The second kappa shape index (κ2) is 6.58. The van der Waals surface area contributed by atoms with Crippen molar-refractivity contribution in [2.24, 2.45) is 0 Å². The van der Waals surface area contributed by atoms with E-state index in [2.05, 4.69) is 21.2 Å². The van der Waals surface area contributed by atoms with Crippen molar-refractivity contribution in [3.63, 3.8) is 0 Å². The van der Waals surface area contributed by atoms with E-state index in [0.717, 1.165) is 15.6 Å². The molecule has 0 amide bonds. The lowest BCUT2D eigenvalue weighted by molar-refractivity contribution is -0.384. The third-order valence-electron chi connectivity index (χ3n) is 3.11. The van der Waals surface area contributed by atoms with Crippen LogP contribution in [0, 0.1) is 17.0 Å². The van der Waals surface area contributed by atoms with Crippen LogP contribution >= 0.6 is 15.9 Å². The summed E-state index contributed by atoms with van der Waals surface area (Å²) in [6.07, 6.45) is 0. The minimum Gasteiger partial charge on any atom is -0.495 e. The highest BCUT2D eigenvalue weighted by Gasteiger charge is 2.11. The predicted molar refractivity (Wildman–Crippen MR) is 85.9 cm³/mol. The molecule has 0 atom stereocenters. The average molecular weight is 351 g/mol. The summed E-state index contributed by atoms with van der Waals surface area (Å²) in [6, 6.07) is 10.5. The molecule has 2 rings (SSSR count). The van der Waals surface area contributed by atoms with Gasteiger partial charge in [0.25, 0.3) is 5.69 Å². The Morgan fingerprint density at radius 1 is 1.29 bits per heavy atom. The molecule has 21 heavy (non-hydrogen) atoms. The van der Waals surface area contributed by atoms with E-state index in [1.807, 2.05) is 25.1 Å². The van der Waals surface area contributed by atoms with Crippen molar-refractivity contribution in [1.82, 2.24) is 0 Å². The molecule has 0 unspecified atom stereocenters. The van der Waals surface area contributed by atoms with Gasteiger partial charge < -0.3 is 10.1 Å². The Labute approximate surface area is 131 Å². The van der Waals surface area contributed by atoms with E-state index in [9.17, 15) is 10.1 Å². The first-order valence-electron chi connectivity index (χ1n) is 6.32. The number of hydrogen-bond acceptors (Lipinski definition) is 4. The second-order valence-corrected chi connectivity index (χ2v) is 5.43. The molecule has 1 N–H and O–H groups in total. The lowest BCUT2D eigenvalue weighted by atomic mass is 10.1. The van der Waals surface area contributed by atoms with Crippen molar-refractivity contribution in [2.45, 2.75) is 13.5 Å². The summed E-state index contributed by atoms with van der Waals surface area (Å²) >= 11 is 3.49. The van der Waals surface area contributed by atoms with E-state index in [1.54, 1.807) is 6.07 Å². The minimum absolute atomic E-state index is 0.0309. The number of nitro benzene ring substituents is 1. The Kier molecular flexibility index (Phi) is 4.80. The third-order valence-corrected chi connectivity index (χ3v) is 3.97. The van der Waals surface area contributed by atoms with Crippen molar-refractivity contribution in [3.05, 3.63) is 62.1 Å². The number of methoxy groups -OCH3 is 1. The average Bonchev–Trinajstić information content (AvgIpc) is 2.48. The number of benzene rings is 2. The van der Waals surface area contributed by atoms with Crippen LogP contribution in [0.15, 0.2) is 40.9 Å². The van der Waals surface area contributed by atoms with Gasteiger partial charge in [0, 0.05) is 23.2 Å². The van der Waals surface area contributed by atoms with Gasteiger partial charge in [0.1, 0.15) is 5.75 Å². The molecule has 110 valence electrons. The SMILES string of the molecule is COc1ccc([N+](=O)[O-])cc1NCc1ccc(C)c(Br)c1. The van der Waals surface area contributed by atoms with Crippen LogP contribution in [0.3, 0.4) is 0 Å². The summed E-state index contributed by atoms with van der Waals surface area (Å²) in [7, 11) is 1.54. The molecule has 5 nitrogen and oxygen atoms in total. The first kappa shape index (κ1) is 15.3. The molecule has 2 aromatic rings. The van der Waals surface area contributed by atoms with E-state index in [1.165, 1.54) is 19.2 Å². The van der Waals surface area contributed by atoms with Gasteiger partial charge in [-0.1, -0.05) is 28.1 Å². The highest BCUT2D eigenvalue weighted by molar-refractivity contribution is 9.10. The van der Waals surface area contributed by atoms with Gasteiger partial charge in [0.2, 0.25) is 0 Å². The highest BCUT2D eigenvalue weighted by Crippen LogP contribution is 2.29. The molecule has 0 saturated heterocycles. The van der Waals surface area contributed by atoms with E-state index in [4.69, 9.17) is 4.74 Å². The van der Waals surface area contributed by atoms with Gasteiger partial charge in [-0.3, -0.25) is 10.1 Å². The molecule has 0 aliphatic heterocycles. The molecule has 0 radical (unpaired) electrons. The molecule has 2 aromatic carbocycles. The lowest BCUT2D eigenvalue weighted by Gasteiger charge is -2.11. The number of nitrogens with one attached hydrogen (secondary N) is 1. The van der Waals surface area contributed by atoms with Crippen LogP contribution in [0.2, 0.25) is 0 Å². The standard InChI is InChI=1S/C15H15BrN2O3/c1-10-3-4-11(7-13(10)16)9-17-14-8-12(18(19)20)5-6-15(14)21-2/h3-8,17H,9H2,1-2H3. The van der Waals surface area contributed by atoms with E-state index < -0.39 is 4.92 Å². The highest BCUT2D eigenvalue weighted by atomic mass is 79.9. The topological polar surface area (TPSA) is 64.4 Å². The molecular weight excluding hydrogens is 336 g/mol. The third kappa shape index (κ3) is 3.72. The zero-order valence-electron chi connectivity index (χ0n) is 11.7. The maximum Gasteiger partial charge on any atom is 0.271 e. The van der Waals surface area contributed by atoms with Crippen LogP contribution in [0.4, 0.5) is 11.4 Å². The Bertz CT molecular complexity index is 674. The zero-order valence-corrected chi connectivity index (χ0v) is 13.3. The molecule has 0 saturated carbocycles. The van der Waals surface area contributed by atoms with Crippen molar-refractivity contribution in [1.29, 1.82) is 0 Å². The summed E-state index contributed by atoms with van der Waals surface area (Å²) < 4.78 is 6.25. The van der Waals surface area contributed by atoms with Crippen molar-refractivity contribution < 1.29 is 9.66 Å². The Morgan fingerprint density at radius 3 is 2.67 bits per heavy atom. The van der Waals surface area contributed by atoms with Crippen LogP contribution in [0.25, 0.3) is 0 Å². The van der Waals surface area contributed by atoms with Gasteiger partial charge in [-0.05, 0) is 30.2 Å². The second-order valence-electron chi connectivity index (χ2n) is 4.58. The van der Waals surface area contributed by atoms with Crippen LogP contribution in [0.1, 0.15) is 11.1 Å². The largest absolute Gasteiger partial charge is 0.495 e. The Balaban J connectivity index is 2.19. The molecular formula is C15H15BrN2O3. The number of aryl methyl sites for hydroxylation is 1. The fourth-order valence-electron chi connectivity index (χ4n) is 1.89. The Hall–Kier alpha value is -2.08. The first-order chi connectivity index (χ1) is 10.0. The van der Waals surface area contributed by atoms with Crippen molar-refractivity contribution in [3.8, 4) is 5.75 Å². The lowest BCUT2D eigenvalue weighted by Crippen LogP contribution is -2.02.